The first-order chi connectivity index (χ1) is 4.10. The summed E-state index contributed by atoms with van der Waals surface area (Å²) in [6.07, 6.45) is 2.38. The molecular weight excluding hydrogens is 155 g/mol. The predicted molar refractivity (Wildman–Crippen MR) is 36.2 cm³/mol. The summed E-state index contributed by atoms with van der Waals surface area (Å²) in [6.45, 7) is 3.74. The monoisotopic (exact) mass is 168 g/mol. The third kappa shape index (κ3) is 3.51. The van der Waals surface area contributed by atoms with Crippen molar-refractivity contribution >= 4 is 8.56 Å². The van der Waals surface area contributed by atoms with Crippen molar-refractivity contribution in [2.75, 3.05) is 0 Å². The standard InChI is InChI=1S/C6H13O2Si.Na/c1-6-4-3-5-9(2,7)8-6;/h6H,3-5H2,1-2H3;/q-1;+1. The molecule has 4 heteroatoms. The van der Waals surface area contributed by atoms with E-state index in [2.05, 4.69) is 0 Å². The van der Waals surface area contributed by atoms with Crippen LogP contribution in [0.3, 0.4) is 0 Å². The fraction of sp³-hybridized carbons (Fsp3) is 1.00. The van der Waals surface area contributed by atoms with Crippen LogP contribution in [0.2, 0.25) is 12.6 Å². The van der Waals surface area contributed by atoms with Crippen LogP contribution in [0.25, 0.3) is 0 Å². The van der Waals surface area contributed by atoms with Crippen LogP contribution in [-0.2, 0) is 4.43 Å². The van der Waals surface area contributed by atoms with Crippen molar-refractivity contribution in [1.82, 2.24) is 0 Å². The van der Waals surface area contributed by atoms with E-state index in [1.807, 2.05) is 6.92 Å². The van der Waals surface area contributed by atoms with Crippen molar-refractivity contribution in [3.63, 3.8) is 0 Å². The van der Waals surface area contributed by atoms with Gasteiger partial charge >= 0.3 is 29.6 Å². The third-order valence-corrected chi connectivity index (χ3v) is 3.85. The number of hydrogen-bond donors (Lipinski definition) is 0. The molecule has 2 atom stereocenters. The molecule has 0 spiro atoms. The minimum atomic E-state index is -2.40. The Bertz CT molecular complexity index is 108. The van der Waals surface area contributed by atoms with Gasteiger partial charge in [-0.25, -0.2) is 0 Å². The molecule has 0 bridgehead atoms. The second-order valence-corrected chi connectivity index (χ2v) is 5.96. The summed E-state index contributed by atoms with van der Waals surface area (Å²) in [5, 5.41) is 0. The van der Waals surface area contributed by atoms with Gasteiger partial charge in [-0.15, -0.1) is 0 Å². The normalized spacial score (nSPS) is 40.5. The molecule has 54 valence electrons. The molecule has 1 heterocycles. The molecule has 0 aromatic carbocycles. The van der Waals surface area contributed by atoms with Crippen LogP contribution >= 0.6 is 0 Å². The zero-order valence-corrected chi connectivity index (χ0v) is 10.0. The Morgan fingerprint density at radius 2 is 2.20 bits per heavy atom. The van der Waals surface area contributed by atoms with Gasteiger partial charge in [0.2, 0.25) is 0 Å². The Morgan fingerprint density at radius 3 is 2.50 bits per heavy atom. The molecule has 0 amide bonds. The molecule has 1 aliphatic rings. The van der Waals surface area contributed by atoms with E-state index in [0.717, 1.165) is 18.9 Å². The van der Waals surface area contributed by atoms with Crippen molar-refractivity contribution in [2.45, 2.75) is 38.5 Å². The summed E-state index contributed by atoms with van der Waals surface area (Å²) < 4.78 is 5.26. The quantitative estimate of drug-likeness (QED) is 0.378. The minimum Gasteiger partial charge on any atom is -0.838 e. The maximum Gasteiger partial charge on any atom is 1.00 e. The molecule has 0 radical (unpaired) electrons. The molecule has 1 aliphatic heterocycles. The van der Waals surface area contributed by atoms with Gasteiger partial charge in [0.05, 0.1) is 8.56 Å². The van der Waals surface area contributed by atoms with Gasteiger partial charge < -0.3 is 9.22 Å². The largest absolute Gasteiger partial charge is 1.00 e. The molecular formula is C6H13NaO2Si. The summed E-state index contributed by atoms with van der Waals surface area (Å²) in [7, 11) is -2.40. The molecule has 0 saturated carbocycles. The van der Waals surface area contributed by atoms with Gasteiger partial charge in [0.25, 0.3) is 0 Å². The molecule has 1 saturated heterocycles. The average Bonchev–Trinajstić information content (AvgIpc) is 1.60. The second kappa shape index (κ2) is 4.23. The van der Waals surface area contributed by atoms with Gasteiger partial charge in [0, 0.05) is 6.10 Å². The summed E-state index contributed by atoms with van der Waals surface area (Å²) in [5.74, 6) is 0. The van der Waals surface area contributed by atoms with Crippen molar-refractivity contribution in [3.8, 4) is 0 Å². The zero-order valence-electron chi connectivity index (χ0n) is 7.02. The van der Waals surface area contributed by atoms with Crippen molar-refractivity contribution in [3.05, 3.63) is 0 Å². The van der Waals surface area contributed by atoms with Crippen LogP contribution in [-0.4, -0.2) is 14.7 Å². The summed E-state index contributed by atoms with van der Waals surface area (Å²) in [4.78, 5) is 11.2. The topological polar surface area (TPSA) is 32.3 Å². The fourth-order valence-corrected chi connectivity index (χ4v) is 3.19. The maximum absolute atomic E-state index is 11.2. The molecule has 0 aliphatic carbocycles. The third-order valence-electron chi connectivity index (χ3n) is 1.69. The van der Waals surface area contributed by atoms with E-state index in [0.29, 0.717) is 0 Å². The Labute approximate surface area is 85.5 Å². The van der Waals surface area contributed by atoms with Gasteiger partial charge in [0.1, 0.15) is 0 Å². The molecule has 1 fully saturated rings. The van der Waals surface area contributed by atoms with Crippen LogP contribution in [0.1, 0.15) is 19.8 Å². The van der Waals surface area contributed by atoms with Gasteiger partial charge in [-0.05, 0) is 19.4 Å². The Kier molecular flexibility index (Phi) is 4.72. The first-order valence-electron chi connectivity index (χ1n) is 3.48. The van der Waals surface area contributed by atoms with E-state index in [9.17, 15) is 4.80 Å². The molecule has 2 nitrogen and oxygen atoms in total. The van der Waals surface area contributed by atoms with E-state index < -0.39 is 8.56 Å². The van der Waals surface area contributed by atoms with Crippen molar-refractivity contribution < 1.29 is 38.8 Å². The first kappa shape index (κ1) is 11.1. The smallest absolute Gasteiger partial charge is 0.838 e. The summed E-state index contributed by atoms with van der Waals surface area (Å²) in [5.41, 5.74) is 0. The van der Waals surface area contributed by atoms with Crippen LogP contribution < -0.4 is 34.4 Å². The van der Waals surface area contributed by atoms with Crippen LogP contribution in [0, 0.1) is 0 Å². The zero-order chi connectivity index (χ0) is 6.91. The summed E-state index contributed by atoms with van der Waals surface area (Å²) in [6, 6.07) is 0.803. The predicted octanol–water partition coefficient (Wildman–Crippen LogP) is -2.38. The first-order valence-corrected chi connectivity index (χ1v) is 6.01. The minimum absolute atomic E-state index is 0. The fourth-order valence-electron chi connectivity index (χ4n) is 1.25. The summed E-state index contributed by atoms with van der Waals surface area (Å²) >= 11 is 0. The molecule has 2 unspecified atom stereocenters. The van der Waals surface area contributed by atoms with Crippen LogP contribution in [0.15, 0.2) is 0 Å². The van der Waals surface area contributed by atoms with Crippen LogP contribution in [0.4, 0.5) is 0 Å². The molecule has 0 aromatic heterocycles. The molecule has 0 N–H and O–H groups in total. The molecule has 0 aromatic rings. The van der Waals surface area contributed by atoms with Crippen LogP contribution in [0.5, 0.6) is 0 Å². The van der Waals surface area contributed by atoms with E-state index in [1.54, 1.807) is 6.55 Å². The SMILES string of the molecule is CC1CCC[Si](C)([O-])O1.[Na+]. The van der Waals surface area contributed by atoms with Crippen molar-refractivity contribution in [1.29, 1.82) is 0 Å². The van der Waals surface area contributed by atoms with E-state index >= 15 is 0 Å². The maximum atomic E-state index is 11.2. The number of rotatable bonds is 0. The molecule has 1 rings (SSSR count). The Hall–Kier alpha value is 1.14. The molecule has 10 heavy (non-hydrogen) atoms. The second-order valence-electron chi connectivity index (χ2n) is 2.95. The van der Waals surface area contributed by atoms with E-state index in [4.69, 9.17) is 4.43 Å². The van der Waals surface area contributed by atoms with E-state index in [-0.39, 0.29) is 35.7 Å². The van der Waals surface area contributed by atoms with Gasteiger partial charge in [-0.1, -0.05) is 13.0 Å². The number of hydrogen-bond acceptors (Lipinski definition) is 2. The van der Waals surface area contributed by atoms with Gasteiger partial charge in [-0.2, -0.15) is 0 Å². The average molecular weight is 168 g/mol. The van der Waals surface area contributed by atoms with Gasteiger partial charge in [-0.3, -0.25) is 0 Å². The Balaban J connectivity index is 0.000000810. The van der Waals surface area contributed by atoms with Gasteiger partial charge in [0.15, 0.2) is 0 Å². The van der Waals surface area contributed by atoms with Crippen molar-refractivity contribution in [2.24, 2.45) is 0 Å². The van der Waals surface area contributed by atoms with E-state index in [1.165, 1.54) is 0 Å². The Morgan fingerprint density at radius 1 is 1.60 bits per heavy atom.